The highest BCUT2D eigenvalue weighted by Crippen LogP contribution is 2.13. The zero-order chi connectivity index (χ0) is 12.9. The maximum Gasteiger partial charge on any atom is 0.412 e. The Morgan fingerprint density at radius 3 is 2.35 bits per heavy atom. The van der Waals surface area contributed by atoms with Gasteiger partial charge in [-0.3, -0.25) is 9.71 Å². The molecule has 0 radical (unpaired) electrons. The first-order valence-corrected chi connectivity index (χ1v) is 5.55. The normalized spacial score (nSPS) is 11.1. The highest BCUT2D eigenvalue weighted by Gasteiger charge is 2.15. The van der Waals surface area contributed by atoms with Crippen molar-refractivity contribution in [1.82, 2.24) is 0 Å². The Morgan fingerprint density at radius 2 is 1.88 bits per heavy atom. The molecule has 0 spiro atoms. The Kier molecular flexibility index (Phi) is 4.49. The number of hydrogen-bond donors (Lipinski definition) is 1. The van der Waals surface area contributed by atoms with Gasteiger partial charge in [-0.05, 0) is 38.5 Å². The number of nitrogens with one attached hydrogen (secondary N) is 1. The molecule has 94 valence electrons. The molecule has 0 saturated carbocycles. The van der Waals surface area contributed by atoms with Crippen molar-refractivity contribution in [1.29, 1.82) is 0 Å². The first-order valence-electron chi connectivity index (χ1n) is 5.55. The number of amides is 1. The summed E-state index contributed by atoms with van der Waals surface area (Å²) in [4.78, 5) is 11.4. The molecule has 1 aromatic carbocycles. The van der Waals surface area contributed by atoms with Gasteiger partial charge in [0, 0.05) is 12.1 Å². The summed E-state index contributed by atoms with van der Waals surface area (Å²) in [6.45, 7) is 5.03. The molecule has 1 amide bonds. The smallest absolute Gasteiger partial charge is 0.412 e. The van der Waals surface area contributed by atoms with Gasteiger partial charge in [0.25, 0.3) is 0 Å². The van der Waals surface area contributed by atoms with E-state index in [1.165, 1.54) is 0 Å². The van der Waals surface area contributed by atoms with E-state index >= 15 is 0 Å². The molecule has 0 aliphatic rings. The number of ether oxygens (including phenoxy) is 1. The topological polar surface area (TPSA) is 38.3 Å². The Hall–Kier alpha value is -1.58. The van der Waals surface area contributed by atoms with Crippen LogP contribution in [0.2, 0.25) is 0 Å². The van der Waals surface area contributed by atoms with Gasteiger partial charge < -0.3 is 4.74 Å². The minimum absolute atomic E-state index is 0.376. The summed E-state index contributed by atoms with van der Waals surface area (Å²) in [7, 11) is 0. The summed E-state index contributed by atoms with van der Waals surface area (Å²) in [5, 5.41) is 2.61. The van der Waals surface area contributed by atoms with Gasteiger partial charge in [0.15, 0.2) is 0 Å². The molecule has 0 aliphatic heterocycles. The van der Waals surface area contributed by atoms with Crippen molar-refractivity contribution >= 4 is 11.8 Å². The van der Waals surface area contributed by atoms with Crippen molar-refractivity contribution in [3.8, 4) is 0 Å². The van der Waals surface area contributed by atoms with Crippen molar-refractivity contribution in [3.63, 3.8) is 0 Å². The molecule has 0 aromatic heterocycles. The quantitative estimate of drug-likeness (QED) is 0.876. The lowest BCUT2D eigenvalue weighted by Gasteiger charge is -2.19. The molecule has 0 bridgehead atoms. The van der Waals surface area contributed by atoms with E-state index in [1.807, 2.05) is 0 Å². The van der Waals surface area contributed by atoms with Crippen molar-refractivity contribution < 1.29 is 13.9 Å². The number of aryl methyl sites for hydroxylation is 1. The maximum atomic E-state index is 12.1. The second-order valence-corrected chi connectivity index (χ2v) is 4.76. The van der Waals surface area contributed by atoms with E-state index in [0.29, 0.717) is 12.1 Å². The minimum Gasteiger partial charge on any atom is -0.444 e. The second kappa shape index (κ2) is 5.66. The number of halogens is 1. The fourth-order valence-electron chi connectivity index (χ4n) is 1.29. The van der Waals surface area contributed by atoms with Crippen LogP contribution in [-0.2, 0) is 11.2 Å². The molecular formula is C13H18FNO2. The first-order chi connectivity index (χ1) is 7.90. The van der Waals surface area contributed by atoms with E-state index in [-0.39, 0.29) is 6.67 Å². The van der Waals surface area contributed by atoms with Crippen LogP contribution in [0.3, 0.4) is 0 Å². The third-order valence-electron chi connectivity index (χ3n) is 1.98. The molecule has 0 heterocycles. The van der Waals surface area contributed by atoms with Gasteiger partial charge in [-0.15, -0.1) is 0 Å². The van der Waals surface area contributed by atoms with E-state index in [4.69, 9.17) is 4.74 Å². The maximum absolute atomic E-state index is 12.1. The third kappa shape index (κ3) is 5.33. The van der Waals surface area contributed by atoms with Gasteiger partial charge in [-0.1, -0.05) is 12.1 Å². The minimum atomic E-state index is -0.516. The summed E-state index contributed by atoms with van der Waals surface area (Å²) < 4.78 is 17.2. The number of benzene rings is 1. The van der Waals surface area contributed by atoms with Crippen LogP contribution in [-0.4, -0.2) is 18.4 Å². The van der Waals surface area contributed by atoms with E-state index < -0.39 is 11.7 Å². The lowest BCUT2D eigenvalue weighted by molar-refractivity contribution is 0.0636. The molecule has 0 aliphatic carbocycles. The molecule has 1 N–H and O–H groups in total. The number of rotatable bonds is 3. The number of carbonyl (C=O) groups is 1. The van der Waals surface area contributed by atoms with E-state index in [9.17, 15) is 9.18 Å². The Labute approximate surface area is 101 Å². The van der Waals surface area contributed by atoms with Gasteiger partial charge in [0.1, 0.15) is 5.60 Å². The molecule has 4 heteroatoms. The predicted octanol–water partition coefficient (Wildman–Crippen LogP) is 3.55. The van der Waals surface area contributed by atoms with Crippen LogP contribution in [0, 0.1) is 0 Å². The van der Waals surface area contributed by atoms with Crippen LogP contribution in [0.1, 0.15) is 26.3 Å². The average molecular weight is 239 g/mol. The predicted molar refractivity (Wildman–Crippen MR) is 66.0 cm³/mol. The van der Waals surface area contributed by atoms with Gasteiger partial charge in [-0.25, -0.2) is 4.79 Å². The Balaban J connectivity index is 2.54. The molecule has 0 atom stereocenters. The standard InChI is InChI=1S/C13H18FNO2/c1-13(2,3)17-12(16)15-11-6-4-10(5-7-11)8-9-14/h4-7H,8-9H2,1-3H3,(H,15,16). The highest BCUT2D eigenvalue weighted by atomic mass is 19.1. The van der Waals surface area contributed by atoms with E-state index in [2.05, 4.69) is 5.32 Å². The molecule has 0 unspecified atom stereocenters. The fraction of sp³-hybridized carbons (Fsp3) is 0.462. The molecule has 3 nitrogen and oxygen atoms in total. The molecule has 1 aromatic rings. The van der Waals surface area contributed by atoms with Crippen LogP contribution in [0.5, 0.6) is 0 Å². The summed E-state index contributed by atoms with van der Waals surface area (Å²) >= 11 is 0. The average Bonchev–Trinajstić information content (AvgIpc) is 2.18. The molecule has 1 rings (SSSR count). The van der Waals surface area contributed by atoms with Crippen molar-refractivity contribution in [2.24, 2.45) is 0 Å². The largest absolute Gasteiger partial charge is 0.444 e. The van der Waals surface area contributed by atoms with Gasteiger partial charge in [0.2, 0.25) is 0 Å². The molecule has 0 fully saturated rings. The summed E-state index contributed by atoms with van der Waals surface area (Å²) in [6, 6.07) is 7.03. The highest BCUT2D eigenvalue weighted by molar-refractivity contribution is 5.84. The Bertz CT molecular complexity index is 368. The van der Waals surface area contributed by atoms with E-state index in [1.54, 1.807) is 45.0 Å². The fourth-order valence-corrected chi connectivity index (χ4v) is 1.29. The van der Waals surface area contributed by atoms with Crippen molar-refractivity contribution in [3.05, 3.63) is 29.8 Å². The van der Waals surface area contributed by atoms with Crippen molar-refractivity contribution in [2.45, 2.75) is 32.8 Å². The lowest BCUT2D eigenvalue weighted by atomic mass is 10.1. The summed E-state index contributed by atoms with van der Waals surface area (Å²) in [6.07, 6.45) is -0.0945. The van der Waals surface area contributed by atoms with Gasteiger partial charge in [0.05, 0.1) is 6.67 Å². The van der Waals surface area contributed by atoms with Crippen molar-refractivity contribution in [2.75, 3.05) is 12.0 Å². The van der Waals surface area contributed by atoms with Crippen LogP contribution in [0.15, 0.2) is 24.3 Å². The monoisotopic (exact) mass is 239 g/mol. The molecular weight excluding hydrogens is 221 g/mol. The van der Waals surface area contributed by atoms with Gasteiger partial charge in [-0.2, -0.15) is 0 Å². The molecule has 17 heavy (non-hydrogen) atoms. The number of anilines is 1. The number of carbonyl (C=O) groups excluding carboxylic acids is 1. The first kappa shape index (κ1) is 13.5. The third-order valence-corrected chi connectivity index (χ3v) is 1.98. The number of hydrogen-bond acceptors (Lipinski definition) is 2. The lowest BCUT2D eigenvalue weighted by Crippen LogP contribution is -2.27. The summed E-state index contributed by atoms with van der Waals surface area (Å²) in [5.41, 5.74) is 1.03. The Morgan fingerprint density at radius 1 is 1.29 bits per heavy atom. The molecule has 0 saturated heterocycles. The number of alkyl halides is 1. The zero-order valence-corrected chi connectivity index (χ0v) is 10.4. The SMILES string of the molecule is CC(C)(C)OC(=O)Nc1ccc(CCF)cc1. The zero-order valence-electron chi connectivity index (χ0n) is 10.4. The van der Waals surface area contributed by atoms with Crippen LogP contribution in [0.25, 0.3) is 0 Å². The summed E-state index contributed by atoms with van der Waals surface area (Å²) in [5.74, 6) is 0. The van der Waals surface area contributed by atoms with E-state index in [0.717, 1.165) is 5.56 Å². The van der Waals surface area contributed by atoms with Crippen LogP contribution in [0.4, 0.5) is 14.9 Å². The van der Waals surface area contributed by atoms with Gasteiger partial charge >= 0.3 is 6.09 Å². The second-order valence-electron chi connectivity index (χ2n) is 4.76. The van der Waals surface area contributed by atoms with Crippen LogP contribution >= 0.6 is 0 Å². The van der Waals surface area contributed by atoms with Crippen LogP contribution < -0.4 is 5.32 Å².